The molecule has 0 amide bonds. The van der Waals surface area contributed by atoms with Crippen LogP contribution in [0.4, 0.5) is 0 Å². The molecule has 0 aliphatic carbocycles. The number of fused-ring (bicyclic) bond motifs is 2. The highest BCUT2D eigenvalue weighted by Crippen LogP contribution is 2.45. The summed E-state index contributed by atoms with van der Waals surface area (Å²) in [5.74, 6) is -1.67. The number of esters is 1. The molecule has 9 heteroatoms. The minimum atomic E-state index is -3.17. The largest absolute Gasteiger partial charge is 0.455 e. The van der Waals surface area contributed by atoms with Crippen LogP contribution in [-0.2, 0) is 37.9 Å². The predicted octanol–water partition coefficient (Wildman–Crippen LogP) is 1.72. The van der Waals surface area contributed by atoms with Gasteiger partial charge < -0.3 is 14.3 Å². The van der Waals surface area contributed by atoms with Crippen LogP contribution < -0.4 is 0 Å². The van der Waals surface area contributed by atoms with E-state index < -0.39 is 25.2 Å². The smallest absolute Gasteiger partial charge is 0.312 e. The third-order valence-corrected chi connectivity index (χ3v) is 5.08. The van der Waals surface area contributed by atoms with Crippen molar-refractivity contribution in [3.8, 4) is 0 Å². The van der Waals surface area contributed by atoms with E-state index >= 15 is 0 Å². The van der Waals surface area contributed by atoms with Crippen LogP contribution in [0.5, 0.6) is 0 Å². The second kappa shape index (κ2) is 7.85. The lowest BCUT2D eigenvalue weighted by Gasteiger charge is -2.23. The summed E-state index contributed by atoms with van der Waals surface area (Å²) in [7, 11) is -3.17. The first-order valence-corrected chi connectivity index (χ1v) is 9.86. The Morgan fingerprint density at radius 2 is 2.04 bits per heavy atom. The molecular formula is C14H23O8P. The fourth-order valence-electron chi connectivity index (χ4n) is 2.81. The van der Waals surface area contributed by atoms with Crippen LogP contribution in [0.1, 0.15) is 26.7 Å². The zero-order valence-electron chi connectivity index (χ0n) is 13.5. The number of hydrogen-bond acceptors (Lipinski definition) is 8. The van der Waals surface area contributed by atoms with E-state index in [1.165, 1.54) is 6.66 Å². The first-order valence-electron chi connectivity index (χ1n) is 7.61. The fourth-order valence-corrected chi connectivity index (χ4v) is 3.51. The van der Waals surface area contributed by atoms with Crippen molar-refractivity contribution in [3.63, 3.8) is 0 Å². The fraction of sp³-hybridized carbons (Fsp3) is 0.857. The second-order valence-corrected chi connectivity index (χ2v) is 8.69. The zero-order chi connectivity index (χ0) is 17.0. The molecule has 2 fully saturated rings. The second-order valence-electron chi connectivity index (χ2n) is 6.15. The molecule has 2 bridgehead atoms. The number of rotatable bonds is 9. The highest BCUT2D eigenvalue weighted by molar-refractivity contribution is 7.57. The Morgan fingerprint density at radius 3 is 2.70 bits per heavy atom. The monoisotopic (exact) mass is 350 g/mol. The molecule has 2 heterocycles. The van der Waals surface area contributed by atoms with Gasteiger partial charge in [-0.3, -0.25) is 13.9 Å². The zero-order valence-corrected chi connectivity index (χ0v) is 14.4. The molecular weight excluding hydrogens is 327 g/mol. The molecule has 0 saturated carbocycles. The Balaban J connectivity index is 1.77. The number of carbonyl (C=O) groups is 2. The minimum Gasteiger partial charge on any atom is -0.455 e. The van der Waals surface area contributed by atoms with E-state index in [9.17, 15) is 14.2 Å². The first-order chi connectivity index (χ1) is 10.8. The summed E-state index contributed by atoms with van der Waals surface area (Å²) in [6, 6.07) is 0. The lowest BCUT2D eigenvalue weighted by atomic mass is 9.80. The predicted molar refractivity (Wildman–Crippen MR) is 78.7 cm³/mol. The van der Waals surface area contributed by atoms with Crippen LogP contribution in [-0.4, -0.2) is 50.4 Å². The molecule has 23 heavy (non-hydrogen) atoms. The van der Waals surface area contributed by atoms with Crippen molar-refractivity contribution in [1.82, 2.24) is 0 Å². The van der Waals surface area contributed by atoms with Gasteiger partial charge in [0.25, 0.3) is 0 Å². The van der Waals surface area contributed by atoms with Gasteiger partial charge in [0.05, 0.1) is 30.1 Å². The molecule has 0 aromatic carbocycles. The Morgan fingerprint density at radius 1 is 1.35 bits per heavy atom. The first kappa shape index (κ1) is 18.5. The van der Waals surface area contributed by atoms with Gasteiger partial charge in [0.15, 0.2) is 13.1 Å². The maximum Gasteiger partial charge on any atom is 0.312 e. The summed E-state index contributed by atoms with van der Waals surface area (Å²) in [5, 5.41) is 0. The molecule has 2 aliphatic rings. The van der Waals surface area contributed by atoms with Gasteiger partial charge in [-0.15, -0.1) is 0 Å². The van der Waals surface area contributed by atoms with Crippen molar-refractivity contribution in [3.05, 3.63) is 0 Å². The number of hydrogen-bond donors (Lipinski definition) is 0. The molecule has 8 nitrogen and oxygen atoms in total. The van der Waals surface area contributed by atoms with Gasteiger partial charge in [-0.05, 0) is 26.7 Å². The van der Waals surface area contributed by atoms with Crippen molar-refractivity contribution >= 4 is 19.6 Å². The summed E-state index contributed by atoms with van der Waals surface area (Å²) < 4.78 is 27.9. The summed E-state index contributed by atoms with van der Waals surface area (Å²) in [6.07, 6.45) is 1.23. The molecule has 2 aliphatic heterocycles. The van der Waals surface area contributed by atoms with Crippen molar-refractivity contribution in [2.24, 2.45) is 11.8 Å². The highest BCUT2D eigenvalue weighted by Gasteiger charge is 2.53. The van der Waals surface area contributed by atoms with E-state index in [0.29, 0.717) is 0 Å². The van der Waals surface area contributed by atoms with Crippen LogP contribution in [0.3, 0.4) is 0 Å². The van der Waals surface area contributed by atoms with E-state index in [1.54, 1.807) is 13.8 Å². The topological polar surface area (TPSA) is 97.4 Å². The number of aldehydes is 1. The van der Waals surface area contributed by atoms with Crippen LogP contribution in [0, 0.1) is 11.8 Å². The maximum absolute atomic E-state index is 12.2. The average molecular weight is 350 g/mol. The Labute approximate surface area is 135 Å². The van der Waals surface area contributed by atoms with Crippen LogP contribution in [0.2, 0.25) is 0 Å². The molecule has 0 N–H and O–H groups in total. The Hall–Kier alpha value is -0.790. The van der Waals surface area contributed by atoms with Crippen LogP contribution in [0.25, 0.3) is 0 Å². The normalized spacial score (nSPS) is 32.0. The molecule has 5 unspecified atom stereocenters. The lowest BCUT2D eigenvalue weighted by Crippen LogP contribution is -2.35. The van der Waals surface area contributed by atoms with Gasteiger partial charge in [-0.2, -0.15) is 0 Å². The van der Waals surface area contributed by atoms with Crippen molar-refractivity contribution in [2.45, 2.75) is 45.0 Å². The molecule has 2 rings (SSSR count). The van der Waals surface area contributed by atoms with E-state index in [4.69, 9.17) is 23.8 Å². The third kappa shape index (κ3) is 4.84. The summed E-state index contributed by atoms with van der Waals surface area (Å²) in [4.78, 5) is 32.8. The molecule has 0 aromatic heterocycles. The van der Waals surface area contributed by atoms with Crippen LogP contribution >= 0.6 is 7.37 Å². The summed E-state index contributed by atoms with van der Waals surface area (Å²) >= 11 is 0. The summed E-state index contributed by atoms with van der Waals surface area (Å²) in [5.41, 5.74) is 0. The maximum atomic E-state index is 12.2. The Bertz CT molecular complexity index is 479. The minimum absolute atomic E-state index is 0.147. The molecule has 2 saturated heterocycles. The molecule has 0 aromatic rings. The average Bonchev–Trinajstić information content (AvgIpc) is 3.09. The molecule has 0 spiro atoms. The van der Waals surface area contributed by atoms with Gasteiger partial charge in [0, 0.05) is 6.66 Å². The third-order valence-electron chi connectivity index (χ3n) is 3.83. The highest BCUT2D eigenvalue weighted by atomic mass is 31.2. The van der Waals surface area contributed by atoms with Gasteiger partial charge in [-0.1, -0.05) is 0 Å². The Kier molecular flexibility index (Phi) is 6.33. The van der Waals surface area contributed by atoms with Crippen molar-refractivity contribution in [2.75, 3.05) is 19.8 Å². The van der Waals surface area contributed by atoms with E-state index in [2.05, 4.69) is 0 Å². The summed E-state index contributed by atoms with van der Waals surface area (Å²) in [6.45, 7) is 4.56. The van der Waals surface area contributed by atoms with Crippen molar-refractivity contribution in [1.29, 1.82) is 0 Å². The van der Waals surface area contributed by atoms with Crippen LogP contribution in [0.15, 0.2) is 0 Å². The standard InChI is InChI=1S/C14H23O8P/c1-9(2)22-19-7-20-23(3,17)8-18-14(16)13-10(6-15)11-4-5-12(13)21-11/h6,9-13H,4-5,7-8H2,1-3H3. The quantitative estimate of drug-likeness (QED) is 0.118. The van der Waals surface area contributed by atoms with E-state index in [1.807, 2.05) is 0 Å². The van der Waals surface area contributed by atoms with Gasteiger partial charge in [0.1, 0.15) is 6.29 Å². The molecule has 132 valence electrons. The molecule has 0 radical (unpaired) electrons. The lowest BCUT2D eigenvalue weighted by molar-refractivity contribution is -0.342. The van der Waals surface area contributed by atoms with E-state index in [0.717, 1.165) is 19.1 Å². The van der Waals surface area contributed by atoms with Gasteiger partial charge in [-0.25, -0.2) is 9.78 Å². The van der Waals surface area contributed by atoms with Gasteiger partial charge >= 0.3 is 5.97 Å². The number of ether oxygens (including phenoxy) is 2. The van der Waals surface area contributed by atoms with Crippen molar-refractivity contribution < 1.29 is 37.9 Å². The van der Waals surface area contributed by atoms with E-state index in [-0.39, 0.29) is 31.5 Å². The number of carbonyl (C=O) groups excluding carboxylic acids is 2. The molecule has 5 atom stereocenters. The van der Waals surface area contributed by atoms with Gasteiger partial charge in [0.2, 0.25) is 7.37 Å². The SMILES string of the molecule is CC(C)OOCOP(C)(=O)COC(=O)C1C2CCC(O2)C1C=O.